The lowest BCUT2D eigenvalue weighted by molar-refractivity contribution is -0.122. The summed E-state index contributed by atoms with van der Waals surface area (Å²) in [7, 11) is 0. The van der Waals surface area contributed by atoms with E-state index < -0.39 is 0 Å². The van der Waals surface area contributed by atoms with E-state index in [1.165, 1.54) is 11.8 Å². The molecule has 1 fully saturated rings. The molecular weight excluding hydrogens is 324 g/mol. The van der Waals surface area contributed by atoms with Crippen LogP contribution in [0, 0.1) is 0 Å². The molecule has 1 aliphatic heterocycles. The summed E-state index contributed by atoms with van der Waals surface area (Å²) in [5, 5.41) is 19.8. The fourth-order valence-corrected chi connectivity index (χ4v) is 3.31. The van der Waals surface area contributed by atoms with Crippen LogP contribution in [0.15, 0.2) is 58.4 Å². The Labute approximate surface area is 144 Å². The largest absolute Gasteiger partial charge is 0.508 e. The third kappa shape index (κ3) is 3.28. The van der Waals surface area contributed by atoms with Crippen LogP contribution in [0.5, 0.6) is 11.5 Å². The van der Waals surface area contributed by atoms with Crippen molar-refractivity contribution in [1.29, 1.82) is 0 Å². The topological polar surface area (TPSA) is 73.1 Å². The molecule has 2 aromatic rings. The molecule has 0 atom stereocenters. The molecule has 2 aromatic carbocycles. The maximum Gasteiger partial charge on any atom is 0.266 e. The molecule has 2 N–H and O–H groups in total. The van der Waals surface area contributed by atoms with E-state index in [1.54, 1.807) is 59.5 Å². The minimum atomic E-state index is -0.136. The monoisotopic (exact) mass is 340 g/mol. The van der Waals surface area contributed by atoms with Gasteiger partial charge in [0.05, 0.1) is 10.6 Å². The second kappa shape index (κ2) is 6.80. The van der Waals surface area contributed by atoms with E-state index in [2.05, 4.69) is 4.99 Å². The number of hydrogen-bond acceptors (Lipinski definition) is 5. The van der Waals surface area contributed by atoms with Gasteiger partial charge in [-0.2, -0.15) is 0 Å². The number of phenolic OH excluding ortho intramolecular Hbond substituents is 2. The molecule has 0 bridgehead atoms. The summed E-state index contributed by atoms with van der Waals surface area (Å²) in [6, 6.07) is 13.3. The first-order chi connectivity index (χ1) is 11.6. The molecule has 0 aromatic heterocycles. The van der Waals surface area contributed by atoms with Gasteiger partial charge in [0, 0.05) is 12.1 Å². The van der Waals surface area contributed by atoms with Crippen LogP contribution in [-0.4, -0.2) is 32.7 Å². The van der Waals surface area contributed by atoms with Gasteiger partial charge in [0.25, 0.3) is 5.91 Å². The van der Waals surface area contributed by atoms with Crippen molar-refractivity contribution in [1.82, 2.24) is 4.90 Å². The van der Waals surface area contributed by atoms with Crippen molar-refractivity contribution in [2.24, 2.45) is 4.99 Å². The average Bonchev–Trinajstić information content (AvgIpc) is 2.87. The number of rotatable bonds is 3. The number of aliphatic imine (C=N–C) groups is 1. The Morgan fingerprint density at radius 3 is 2.50 bits per heavy atom. The Kier molecular flexibility index (Phi) is 4.57. The lowest BCUT2D eigenvalue weighted by Crippen LogP contribution is -2.28. The van der Waals surface area contributed by atoms with Crippen molar-refractivity contribution in [3.05, 3.63) is 59.0 Å². The molecule has 1 aliphatic rings. The van der Waals surface area contributed by atoms with Gasteiger partial charge < -0.3 is 10.2 Å². The number of amidine groups is 1. The van der Waals surface area contributed by atoms with Crippen LogP contribution in [0.4, 0.5) is 5.69 Å². The van der Waals surface area contributed by atoms with Crippen molar-refractivity contribution in [3.63, 3.8) is 0 Å². The second-order valence-corrected chi connectivity index (χ2v) is 6.14. The number of aromatic hydroxyl groups is 2. The molecule has 5 nitrogen and oxygen atoms in total. The third-order valence-electron chi connectivity index (χ3n) is 3.50. The number of hydrogen-bond donors (Lipinski definition) is 2. The minimum Gasteiger partial charge on any atom is -0.508 e. The number of likely N-dealkylation sites (N-methyl/N-ethyl adjacent to an activating group) is 1. The normalized spacial score (nSPS) is 17.9. The molecular formula is C18H16N2O3S. The van der Waals surface area contributed by atoms with Crippen molar-refractivity contribution >= 4 is 34.6 Å². The standard InChI is InChI=1S/C18H16N2O3S/c1-2-20-17(23)16(11-12-5-3-4-6-15(12)22)24-18(20)19-13-7-9-14(21)10-8-13/h3-11,21-22H,2H2,1H3/b16-11-,19-18?. The van der Waals surface area contributed by atoms with Crippen molar-refractivity contribution in [3.8, 4) is 11.5 Å². The van der Waals surface area contributed by atoms with Crippen LogP contribution in [-0.2, 0) is 4.79 Å². The number of phenols is 2. The summed E-state index contributed by atoms with van der Waals surface area (Å²) in [6.45, 7) is 2.38. The zero-order valence-electron chi connectivity index (χ0n) is 13.0. The van der Waals surface area contributed by atoms with Crippen LogP contribution >= 0.6 is 11.8 Å². The first kappa shape index (κ1) is 16.1. The summed E-state index contributed by atoms with van der Waals surface area (Å²) in [4.78, 5) is 19.1. The number of thioether (sulfide) groups is 1. The summed E-state index contributed by atoms with van der Waals surface area (Å²) in [5.41, 5.74) is 1.25. The summed E-state index contributed by atoms with van der Waals surface area (Å²) in [5.74, 6) is 0.162. The van der Waals surface area contributed by atoms with E-state index in [1.807, 2.05) is 6.92 Å². The predicted molar refractivity (Wildman–Crippen MR) is 96.3 cm³/mol. The highest BCUT2D eigenvalue weighted by Crippen LogP contribution is 2.35. The summed E-state index contributed by atoms with van der Waals surface area (Å²) in [6.07, 6.45) is 1.67. The van der Waals surface area contributed by atoms with E-state index >= 15 is 0 Å². The van der Waals surface area contributed by atoms with E-state index in [9.17, 15) is 15.0 Å². The molecule has 1 amide bonds. The Morgan fingerprint density at radius 2 is 1.83 bits per heavy atom. The van der Waals surface area contributed by atoms with Crippen molar-refractivity contribution in [2.75, 3.05) is 6.54 Å². The Balaban J connectivity index is 1.94. The Morgan fingerprint density at radius 1 is 1.12 bits per heavy atom. The van der Waals surface area contributed by atoms with Crippen LogP contribution in [0.3, 0.4) is 0 Å². The number of carbonyl (C=O) groups excluding carboxylic acids is 1. The second-order valence-electron chi connectivity index (χ2n) is 5.13. The van der Waals surface area contributed by atoms with E-state index in [0.29, 0.717) is 27.9 Å². The molecule has 0 spiro atoms. The molecule has 6 heteroatoms. The molecule has 0 radical (unpaired) electrons. The number of amides is 1. The van der Waals surface area contributed by atoms with Crippen molar-refractivity contribution < 1.29 is 15.0 Å². The van der Waals surface area contributed by atoms with Gasteiger partial charge in [-0.1, -0.05) is 18.2 Å². The molecule has 24 heavy (non-hydrogen) atoms. The zero-order valence-corrected chi connectivity index (χ0v) is 13.8. The molecule has 0 unspecified atom stereocenters. The third-order valence-corrected chi connectivity index (χ3v) is 4.51. The fraction of sp³-hybridized carbons (Fsp3) is 0.111. The van der Waals surface area contributed by atoms with Crippen LogP contribution < -0.4 is 0 Å². The molecule has 1 saturated heterocycles. The van der Waals surface area contributed by atoms with Gasteiger partial charge in [-0.05, 0) is 55.1 Å². The van der Waals surface area contributed by atoms with Crippen molar-refractivity contribution in [2.45, 2.75) is 6.92 Å². The Hall–Kier alpha value is -2.73. The average molecular weight is 340 g/mol. The van der Waals surface area contributed by atoms with Gasteiger partial charge in [0.15, 0.2) is 5.17 Å². The molecule has 122 valence electrons. The minimum absolute atomic E-state index is 0.130. The number of benzene rings is 2. The molecule has 1 heterocycles. The van der Waals surface area contributed by atoms with Crippen LogP contribution in [0.1, 0.15) is 12.5 Å². The highest BCUT2D eigenvalue weighted by atomic mass is 32.2. The van der Waals surface area contributed by atoms with Gasteiger partial charge in [-0.15, -0.1) is 0 Å². The highest BCUT2D eigenvalue weighted by Gasteiger charge is 2.32. The van der Waals surface area contributed by atoms with Gasteiger partial charge in [-0.3, -0.25) is 9.69 Å². The first-order valence-corrected chi connectivity index (χ1v) is 8.27. The predicted octanol–water partition coefficient (Wildman–Crippen LogP) is 3.72. The molecule has 0 aliphatic carbocycles. The highest BCUT2D eigenvalue weighted by molar-refractivity contribution is 8.18. The van der Waals surface area contributed by atoms with Crippen LogP contribution in [0.25, 0.3) is 6.08 Å². The van der Waals surface area contributed by atoms with Gasteiger partial charge in [0.1, 0.15) is 11.5 Å². The first-order valence-electron chi connectivity index (χ1n) is 7.45. The van der Waals surface area contributed by atoms with Gasteiger partial charge in [0.2, 0.25) is 0 Å². The number of carbonyl (C=O) groups is 1. The summed E-state index contributed by atoms with van der Waals surface area (Å²) < 4.78 is 0. The number of nitrogens with zero attached hydrogens (tertiary/aromatic N) is 2. The lowest BCUT2D eigenvalue weighted by atomic mass is 10.2. The quantitative estimate of drug-likeness (QED) is 0.835. The number of para-hydroxylation sites is 1. The Bertz CT molecular complexity index is 828. The molecule has 0 saturated carbocycles. The van der Waals surface area contributed by atoms with Gasteiger partial charge >= 0.3 is 0 Å². The summed E-state index contributed by atoms with van der Waals surface area (Å²) >= 11 is 1.27. The van der Waals surface area contributed by atoms with Gasteiger partial charge in [-0.25, -0.2) is 4.99 Å². The fourth-order valence-electron chi connectivity index (χ4n) is 2.26. The van der Waals surface area contributed by atoms with Crippen LogP contribution in [0.2, 0.25) is 0 Å². The van der Waals surface area contributed by atoms with E-state index in [4.69, 9.17) is 0 Å². The maximum atomic E-state index is 12.5. The maximum absolute atomic E-state index is 12.5. The van der Waals surface area contributed by atoms with E-state index in [-0.39, 0.29) is 17.4 Å². The van der Waals surface area contributed by atoms with E-state index in [0.717, 1.165) is 0 Å². The smallest absolute Gasteiger partial charge is 0.266 e. The SMILES string of the molecule is CCN1C(=O)/C(=C/c2ccccc2O)SC1=Nc1ccc(O)cc1. The zero-order chi connectivity index (χ0) is 17.1. The lowest BCUT2D eigenvalue weighted by Gasteiger charge is -2.11. The molecule has 3 rings (SSSR count).